The Morgan fingerprint density at radius 3 is 2.65 bits per heavy atom. The van der Waals surface area contributed by atoms with Gasteiger partial charge in [0.2, 0.25) is 0 Å². The van der Waals surface area contributed by atoms with Crippen LogP contribution in [0.2, 0.25) is 0 Å². The first-order valence-corrected chi connectivity index (χ1v) is 7.17. The van der Waals surface area contributed by atoms with Crippen LogP contribution in [0.15, 0.2) is 0 Å². The highest BCUT2D eigenvalue weighted by Gasteiger charge is 2.28. The molecular weight excluding hydrogens is 212 g/mol. The van der Waals surface area contributed by atoms with E-state index in [1.54, 1.807) is 0 Å². The van der Waals surface area contributed by atoms with Crippen molar-refractivity contribution >= 4 is 0 Å². The number of ether oxygens (including phenoxy) is 1. The molecule has 3 nitrogen and oxygen atoms in total. The maximum atomic E-state index is 5.73. The van der Waals surface area contributed by atoms with E-state index in [-0.39, 0.29) is 5.60 Å². The lowest BCUT2D eigenvalue weighted by molar-refractivity contribution is -0.0629. The Morgan fingerprint density at radius 2 is 2.06 bits per heavy atom. The summed E-state index contributed by atoms with van der Waals surface area (Å²) in [6, 6.07) is 0.638. The van der Waals surface area contributed by atoms with Crippen molar-refractivity contribution in [3.8, 4) is 0 Å². The summed E-state index contributed by atoms with van der Waals surface area (Å²) in [4.78, 5) is 2.51. The molecule has 17 heavy (non-hydrogen) atoms. The van der Waals surface area contributed by atoms with Crippen molar-refractivity contribution < 1.29 is 4.74 Å². The van der Waals surface area contributed by atoms with Gasteiger partial charge in [0.15, 0.2) is 0 Å². The predicted octanol–water partition coefficient (Wildman–Crippen LogP) is 2.27. The van der Waals surface area contributed by atoms with Gasteiger partial charge in [0.05, 0.1) is 5.60 Å². The molecule has 102 valence electrons. The van der Waals surface area contributed by atoms with Crippen LogP contribution in [0.5, 0.6) is 0 Å². The second-order valence-corrected chi connectivity index (χ2v) is 5.69. The number of nitrogens with zero attached hydrogens (tertiary/aromatic N) is 1. The van der Waals surface area contributed by atoms with E-state index in [9.17, 15) is 0 Å². The Kier molecular flexibility index (Phi) is 6.45. The van der Waals surface area contributed by atoms with Gasteiger partial charge in [0.25, 0.3) is 0 Å². The molecule has 1 fully saturated rings. The molecule has 0 aromatic rings. The summed E-state index contributed by atoms with van der Waals surface area (Å²) in [7, 11) is 0. The van der Waals surface area contributed by atoms with Crippen LogP contribution < -0.4 is 5.32 Å². The van der Waals surface area contributed by atoms with Crippen molar-refractivity contribution in [2.24, 2.45) is 0 Å². The van der Waals surface area contributed by atoms with Crippen molar-refractivity contribution in [3.05, 3.63) is 0 Å². The average Bonchev–Trinajstić information content (AvgIpc) is 2.26. The van der Waals surface area contributed by atoms with Crippen molar-refractivity contribution in [1.29, 1.82) is 0 Å². The SMILES string of the molecule is CCCN(CC)CCNC1CCOC(C)(C)C1. The summed E-state index contributed by atoms with van der Waals surface area (Å²) in [5.41, 5.74) is 0.0593. The van der Waals surface area contributed by atoms with Crippen LogP contribution in [0.4, 0.5) is 0 Å². The summed E-state index contributed by atoms with van der Waals surface area (Å²) < 4.78 is 5.73. The van der Waals surface area contributed by atoms with Gasteiger partial charge in [-0.05, 0) is 46.2 Å². The summed E-state index contributed by atoms with van der Waals surface area (Å²) in [5.74, 6) is 0. The van der Waals surface area contributed by atoms with Crippen LogP contribution in [-0.4, -0.2) is 49.3 Å². The topological polar surface area (TPSA) is 24.5 Å². The van der Waals surface area contributed by atoms with E-state index in [0.29, 0.717) is 6.04 Å². The number of likely N-dealkylation sites (N-methyl/N-ethyl adjacent to an activating group) is 1. The van der Waals surface area contributed by atoms with Gasteiger partial charge in [-0.1, -0.05) is 13.8 Å². The maximum Gasteiger partial charge on any atom is 0.0641 e. The fourth-order valence-corrected chi connectivity index (χ4v) is 2.58. The van der Waals surface area contributed by atoms with Gasteiger partial charge in [0.1, 0.15) is 0 Å². The molecule has 0 aromatic heterocycles. The Labute approximate surface area is 107 Å². The number of hydrogen-bond acceptors (Lipinski definition) is 3. The van der Waals surface area contributed by atoms with E-state index in [1.807, 2.05) is 0 Å². The molecule has 1 unspecified atom stereocenters. The smallest absolute Gasteiger partial charge is 0.0641 e. The quantitative estimate of drug-likeness (QED) is 0.741. The number of nitrogens with one attached hydrogen (secondary N) is 1. The first-order valence-electron chi connectivity index (χ1n) is 7.17. The van der Waals surface area contributed by atoms with E-state index in [0.717, 1.165) is 32.5 Å². The normalized spacial score (nSPS) is 24.2. The standard InChI is InChI=1S/C14H30N2O/c1-5-9-16(6-2)10-8-15-13-7-11-17-14(3,4)12-13/h13,15H,5-12H2,1-4H3. The van der Waals surface area contributed by atoms with Crippen LogP contribution in [-0.2, 0) is 4.74 Å². The summed E-state index contributed by atoms with van der Waals surface area (Å²) >= 11 is 0. The van der Waals surface area contributed by atoms with Gasteiger partial charge >= 0.3 is 0 Å². The molecule has 0 aromatic carbocycles. The second kappa shape index (κ2) is 7.34. The molecule has 1 N–H and O–H groups in total. The van der Waals surface area contributed by atoms with Crippen molar-refractivity contribution in [2.75, 3.05) is 32.8 Å². The summed E-state index contributed by atoms with van der Waals surface area (Å²) in [6.07, 6.45) is 3.54. The third-order valence-electron chi connectivity index (χ3n) is 3.55. The van der Waals surface area contributed by atoms with E-state index >= 15 is 0 Å². The predicted molar refractivity (Wildman–Crippen MR) is 73.5 cm³/mol. The lowest BCUT2D eigenvalue weighted by Gasteiger charge is -2.36. The highest BCUT2D eigenvalue weighted by Crippen LogP contribution is 2.23. The van der Waals surface area contributed by atoms with Gasteiger partial charge in [-0.25, -0.2) is 0 Å². The van der Waals surface area contributed by atoms with E-state index in [2.05, 4.69) is 37.9 Å². The third kappa shape index (κ3) is 5.84. The Hall–Kier alpha value is -0.120. The minimum Gasteiger partial charge on any atom is -0.375 e. The molecule has 1 atom stereocenters. The van der Waals surface area contributed by atoms with Crippen molar-refractivity contribution in [1.82, 2.24) is 10.2 Å². The molecule has 1 saturated heterocycles. The Balaban J connectivity index is 2.17. The van der Waals surface area contributed by atoms with Crippen LogP contribution in [0.25, 0.3) is 0 Å². The zero-order valence-corrected chi connectivity index (χ0v) is 12.1. The molecule has 1 heterocycles. The lowest BCUT2D eigenvalue weighted by atomic mass is 9.94. The summed E-state index contributed by atoms with van der Waals surface area (Å²) in [5, 5.41) is 3.68. The molecule has 0 amide bonds. The van der Waals surface area contributed by atoms with Gasteiger partial charge < -0.3 is 15.0 Å². The highest BCUT2D eigenvalue weighted by molar-refractivity contribution is 4.83. The van der Waals surface area contributed by atoms with E-state index in [1.165, 1.54) is 19.5 Å². The van der Waals surface area contributed by atoms with Crippen LogP contribution >= 0.6 is 0 Å². The molecule has 1 aliphatic rings. The molecule has 0 bridgehead atoms. The second-order valence-electron chi connectivity index (χ2n) is 5.69. The van der Waals surface area contributed by atoms with Gasteiger partial charge in [-0.2, -0.15) is 0 Å². The van der Waals surface area contributed by atoms with Crippen molar-refractivity contribution in [2.45, 2.75) is 58.6 Å². The van der Waals surface area contributed by atoms with E-state index < -0.39 is 0 Å². The van der Waals surface area contributed by atoms with Gasteiger partial charge in [0, 0.05) is 25.7 Å². The fraction of sp³-hybridized carbons (Fsp3) is 1.00. The summed E-state index contributed by atoms with van der Waals surface area (Å²) in [6.45, 7) is 14.4. The highest BCUT2D eigenvalue weighted by atomic mass is 16.5. The average molecular weight is 242 g/mol. The Bertz CT molecular complexity index is 206. The largest absolute Gasteiger partial charge is 0.375 e. The lowest BCUT2D eigenvalue weighted by Crippen LogP contribution is -2.45. The minimum atomic E-state index is 0.0593. The van der Waals surface area contributed by atoms with E-state index in [4.69, 9.17) is 4.74 Å². The number of hydrogen-bond donors (Lipinski definition) is 1. The van der Waals surface area contributed by atoms with Gasteiger partial charge in [-0.15, -0.1) is 0 Å². The molecule has 0 aliphatic carbocycles. The first kappa shape index (κ1) is 14.9. The maximum absolute atomic E-state index is 5.73. The molecular formula is C14H30N2O. The fourth-order valence-electron chi connectivity index (χ4n) is 2.58. The minimum absolute atomic E-state index is 0.0593. The van der Waals surface area contributed by atoms with Gasteiger partial charge in [-0.3, -0.25) is 0 Å². The molecule has 0 saturated carbocycles. The monoisotopic (exact) mass is 242 g/mol. The van der Waals surface area contributed by atoms with Crippen molar-refractivity contribution in [3.63, 3.8) is 0 Å². The third-order valence-corrected chi connectivity index (χ3v) is 3.55. The van der Waals surface area contributed by atoms with Crippen LogP contribution in [0.3, 0.4) is 0 Å². The molecule has 0 radical (unpaired) electrons. The van der Waals surface area contributed by atoms with Crippen LogP contribution in [0, 0.1) is 0 Å². The molecule has 1 rings (SSSR count). The molecule has 3 heteroatoms. The zero-order chi connectivity index (χ0) is 12.7. The first-order chi connectivity index (χ1) is 8.07. The molecule has 0 spiro atoms. The number of rotatable bonds is 7. The Morgan fingerprint density at radius 1 is 1.29 bits per heavy atom. The zero-order valence-electron chi connectivity index (χ0n) is 12.1. The molecule has 1 aliphatic heterocycles. The van der Waals surface area contributed by atoms with Crippen LogP contribution in [0.1, 0.15) is 47.0 Å².